The number of aryl methyl sites for hydroxylation is 1. The molecule has 1 aliphatic carbocycles. The van der Waals surface area contributed by atoms with Gasteiger partial charge in [0.15, 0.2) is 17.5 Å². The average Bonchev–Trinajstić information content (AvgIpc) is 3.26. The first-order chi connectivity index (χ1) is 12.5. The van der Waals surface area contributed by atoms with Gasteiger partial charge in [0.05, 0.1) is 5.56 Å². The number of carbonyl (C=O) groups excluding carboxylic acids is 1. The lowest BCUT2D eigenvalue weighted by molar-refractivity contribution is 0.102. The maximum atomic E-state index is 13.4. The molecule has 1 N–H and O–H groups in total. The van der Waals surface area contributed by atoms with Crippen LogP contribution in [0.1, 0.15) is 33.6 Å². The van der Waals surface area contributed by atoms with Crippen LogP contribution in [0.2, 0.25) is 0 Å². The Labute approximate surface area is 149 Å². The van der Waals surface area contributed by atoms with Crippen molar-refractivity contribution in [3.8, 4) is 5.00 Å². The molecule has 0 spiro atoms. The first-order valence-electron chi connectivity index (χ1n) is 7.88. The number of tetrazole rings is 1. The molecule has 0 radical (unpaired) electrons. The second-order valence-corrected chi connectivity index (χ2v) is 6.94. The number of rotatable bonds is 3. The normalized spacial score (nSPS) is 13.5. The number of hydrogen-bond donors (Lipinski definition) is 1. The van der Waals surface area contributed by atoms with Crippen LogP contribution in [0.15, 0.2) is 18.5 Å². The number of benzene rings is 1. The highest BCUT2D eigenvalue weighted by atomic mass is 32.1. The average molecular weight is 379 g/mol. The molecule has 3 aromatic rings. The summed E-state index contributed by atoms with van der Waals surface area (Å²) in [6.07, 6.45) is 4.92. The predicted octanol–water partition coefficient (Wildman–Crippen LogP) is 3.27. The van der Waals surface area contributed by atoms with Gasteiger partial charge in [0.25, 0.3) is 5.91 Å². The number of thiophene rings is 1. The summed E-state index contributed by atoms with van der Waals surface area (Å²) in [5, 5.41) is 14.0. The highest BCUT2D eigenvalue weighted by Crippen LogP contribution is 2.37. The zero-order valence-electron chi connectivity index (χ0n) is 13.3. The molecule has 1 aliphatic rings. The monoisotopic (exact) mass is 379 g/mol. The lowest BCUT2D eigenvalue weighted by Crippen LogP contribution is -2.17. The quantitative estimate of drug-likeness (QED) is 0.709. The van der Waals surface area contributed by atoms with Crippen molar-refractivity contribution >= 4 is 22.9 Å². The van der Waals surface area contributed by atoms with E-state index in [9.17, 15) is 18.0 Å². The summed E-state index contributed by atoms with van der Waals surface area (Å²) in [4.78, 5) is 13.9. The minimum atomic E-state index is -1.58. The largest absolute Gasteiger partial charge is 0.322 e. The van der Waals surface area contributed by atoms with E-state index in [0.717, 1.165) is 48.3 Å². The zero-order valence-corrected chi connectivity index (χ0v) is 14.1. The molecule has 26 heavy (non-hydrogen) atoms. The molecule has 1 amide bonds. The van der Waals surface area contributed by atoms with Crippen LogP contribution < -0.4 is 5.32 Å². The van der Waals surface area contributed by atoms with Crippen molar-refractivity contribution in [1.82, 2.24) is 20.2 Å². The van der Waals surface area contributed by atoms with E-state index >= 15 is 0 Å². The van der Waals surface area contributed by atoms with Crippen molar-refractivity contribution in [3.63, 3.8) is 0 Å². The Morgan fingerprint density at radius 2 is 1.88 bits per heavy atom. The molecule has 0 fully saturated rings. The SMILES string of the molecule is O=C(Nc1cc(F)c(F)c(F)c1)c1c(-n2cnnn2)sc2c1CCCC2. The molecule has 0 saturated carbocycles. The molecular weight excluding hydrogens is 367 g/mol. The Morgan fingerprint density at radius 1 is 1.15 bits per heavy atom. The summed E-state index contributed by atoms with van der Waals surface area (Å²) in [7, 11) is 0. The Kier molecular flexibility index (Phi) is 4.19. The Morgan fingerprint density at radius 3 is 2.58 bits per heavy atom. The van der Waals surface area contributed by atoms with Gasteiger partial charge in [-0.2, -0.15) is 4.68 Å². The fourth-order valence-corrected chi connectivity index (χ4v) is 4.32. The second-order valence-electron chi connectivity index (χ2n) is 5.85. The van der Waals surface area contributed by atoms with Crippen molar-refractivity contribution < 1.29 is 18.0 Å². The predicted molar refractivity (Wildman–Crippen MR) is 87.9 cm³/mol. The number of amides is 1. The van der Waals surface area contributed by atoms with Crippen LogP contribution in [0.5, 0.6) is 0 Å². The van der Waals surface area contributed by atoms with Crippen LogP contribution in [0.25, 0.3) is 5.00 Å². The molecule has 2 aromatic heterocycles. The summed E-state index contributed by atoms with van der Waals surface area (Å²) in [5.41, 5.74) is 1.11. The molecule has 2 heterocycles. The van der Waals surface area contributed by atoms with E-state index < -0.39 is 23.4 Å². The van der Waals surface area contributed by atoms with Crippen molar-refractivity contribution in [2.24, 2.45) is 0 Å². The first kappa shape index (κ1) is 16.7. The Hall–Kier alpha value is -2.75. The number of anilines is 1. The van der Waals surface area contributed by atoms with Crippen molar-refractivity contribution in [2.75, 3.05) is 5.32 Å². The molecule has 4 rings (SSSR count). The first-order valence-corrected chi connectivity index (χ1v) is 8.70. The minimum Gasteiger partial charge on any atom is -0.322 e. The standard InChI is InChI=1S/C16H12F3N5OS/c17-10-5-8(6-11(18)14(10)19)21-15(25)13-9-3-1-2-4-12(9)26-16(13)24-7-20-22-23-24/h5-7H,1-4H2,(H,21,25). The van der Waals surface area contributed by atoms with Crippen LogP contribution in [0, 0.1) is 17.5 Å². The van der Waals surface area contributed by atoms with E-state index in [0.29, 0.717) is 10.6 Å². The van der Waals surface area contributed by atoms with Crippen LogP contribution in [-0.2, 0) is 12.8 Å². The third-order valence-electron chi connectivity index (χ3n) is 4.18. The number of fused-ring (bicyclic) bond motifs is 1. The minimum absolute atomic E-state index is 0.162. The van der Waals surface area contributed by atoms with Crippen LogP contribution in [0.4, 0.5) is 18.9 Å². The number of carbonyl (C=O) groups is 1. The molecule has 0 aliphatic heterocycles. The molecule has 0 saturated heterocycles. The van der Waals surface area contributed by atoms with Gasteiger partial charge in [-0.3, -0.25) is 4.79 Å². The smallest absolute Gasteiger partial charge is 0.259 e. The van der Waals surface area contributed by atoms with Gasteiger partial charge in [-0.25, -0.2) is 13.2 Å². The van der Waals surface area contributed by atoms with Gasteiger partial charge >= 0.3 is 0 Å². The number of nitrogens with zero attached hydrogens (tertiary/aromatic N) is 4. The van der Waals surface area contributed by atoms with Gasteiger partial charge in [0.2, 0.25) is 0 Å². The van der Waals surface area contributed by atoms with Gasteiger partial charge in [0, 0.05) is 22.7 Å². The number of hydrogen-bond acceptors (Lipinski definition) is 5. The summed E-state index contributed by atoms with van der Waals surface area (Å²) < 4.78 is 41.3. The van der Waals surface area contributed by atoms with Crippen molar-refractivity contribution in [3.05, 3.63) is 51.9 Å². The van der Waals surface area contributed by atoms with Gasteiger partial charge in [0.1, 0.15) is 11.3 Å². The molecule has 6 nitrogen and oxygen atoms in total. The summed E-state index contributed by atoms with van der Waals surface area (Å²) in [6.45, 7) is 0. The maximum Gasteiger partial charge on any atom is 0.259 e. The zero-order chi connectivity index (χ0) is 18.3. The molecule has 0 atom stereocenters. The fourth-order valence-electron chi connectivity index (χ4n) is 3.02. The highest BCUT2D eigenvalue weighted by Gasteiger charge is 2.27. The van der Waals surface area contributed by atoms with E-state index in [1.807, 2.05) is 0 Å². The Balaban J connectivity index is 1.75. The van der Waals surface area contributed by atoms with E-state index in [-0.39, 0.29) is 5.69 Å². The van der Waals surface area contributed by atoms with Crippen molar-refractivity contribution in [1.29, 1.82) is 0 Å². The highest BCUT2D eigenvalue weighted by molar-refractivity contribution is 7.15. The van der Waals surface area contributed by atoms with Crippen LogP contribution in [0.3, 0.4) is 0 Å². The fraction of sp³-hybridized carbons (Fsp3) is 0.250. The number of nitrogens with one attached hydrogen (secondary N) is 1. The number of halogens is 3. The summed E-state index contributed by atoms with van der Waals surface area (Å²) >= 11 is 1.42. The van der Waals surface area contributed by atoms with Crippen LogP contribution in [-0.4, -0.2) is 26.1 Å². The van der Waals surface area contributed by atoms with Gasteiger partial charge in [-0.15, -0.1) is 16.4 Å². The van der Waals surface area contributed by atoms with Gasteiger partial charge in [-0.05, 0) is 41.7 Å². The van der Waals surface area contributed by atoms with E-state index in [2.05, 4.69) is 20.8 Å². The van der Waals surface area contributed by atoms with Gasteiger partial charge in [-0.1, -0.05) is 0 Å². The van der Waals surface area contributed by atoms with E-state index in [1.165, 1.54) is 22.3 Å². The molecule has 1 aromatic carbocycles. The third kappa shape index (κ3) is 2.85. The Bertz CT molecular complexity index is 963. The van der Waals surface area contributed by atoms with Crippen molar-refractivity contribution in [2.45, 2.75) is 25.7 Å². The number of aromatic nitrogens is 4. The third-order valence-corrected chi connectivity index (χ3v) is 5.46. The summed E-state index contributed by atoms with van der Waals surface area (Å²) in [5.74, 6) is -4.85. The molecule has 134 valence electrons. The lowest BCUT2D eigenvalue weighted by atomic mass is 9.95. The molecule has 0 unspecified atom stereocenters. The molecular formula is C16H12F3N5OS. The maximum absolute atomic E-state index is 13.4. The topological polar surface area (TPSA) is 72.7 Å². The van der Waals surface area contributed by atoms with E-state index in [1.54, 1.807) is 0 Å². The second kappa shape index (κ2) is 6.52. The van der Waals surface area contributed by atoms with Crippen LogP contribution >= 0.6 is 11.3 Å². The lowest BCUT2D eigenvalue weighted by Gasteiger charge is -2.13. The molecule has 10 heteroatoms. The van der Waals surface area contributed by atoms with E-state index in [4.69, 9.17) is 0 Å². The molecule has 0 bridgehead atoms. The van der Waals surface area contributed by atoms with Gasteiger partial charge < -0.3 is 5.32 Å². The summed E-state index contributed by atoms with van der Waals surface area (Å²) in [6, 6.07) is 1.48.